The molecule has 0 unspecified atom stereocenters. The van der Waals surface area contributed by atoms with Gasteiger partial charge in [-0.1, -0.05) is 25.6 Å². The second kappa shape index (κ2) is 9.25. The first-order valence-electron chi connectivity index (χ1n) is 9.10. The van der Waals surface area contributed by atoms with Crippen LogP contribution in [0.15, 0.2) is 40.9 Å². The Morgan fingerprint density at radius 2 is 2.04 bits per heavy atom. The van der Waals surface area contributed by atoms with Crippen molar-refractivity contribution in [2.75, 3.05) is 18.2 Å². The molecule has 148 valence electrons. The van der Waals surface area contributed by atoms with E-state index in [-0.39, 0.29) is 11.7 Å². The lowest BCUT2D eigenvalue weighted by Crippen LogP contribution is -2.14. The van der Waals surface area contributed by atoms with Crippen molar-refractivity contribution in [2.24, 2.45) is 0 Å². The number of nitrogens with zero attached hydrogens (tertiary/aromatic N) is 3. The van der Waals surface area contributed by atoms with Gasteiger partial charge in [0.25, 0.3) is 0 Å². The van der Waals surface area contributed by atoms with Crippen molar-refractivity contribution in [1.82, 2.24) is 14.8 Å². The third-order valence-corrected chi connectivity index (χ3v) is 6.39. The molecule has 6 nitrogen and oxygen atoms in total. The first kappa shape index (κ1) is 20.4. The fourth-order valence-electron chi connectivity index (χ4n) is 2.67. The van der Waals surface area contributed by atoms with E-state index in [1.54, 1.807) is 18.4 Å². The molecular weight excluding hydrogens is 392 g/mol. The van der Waals surface area contributed by atoms with Crippen molar-refractivity contribution in [3.63, 3.8) is 0 Å². The van der Waals surface area contributed by atoms with Gasteiger partial charge in [0.05, 0.1) is 12.9 Å². The number of methoxy groups -OCH3 is 1. The summed E-state index contributed by atoms with van der Waals surface area (Å²) < 4.78 is 7.18. The number of nitrogens with one attached hydrogen (secondary N) is 1. The average molecular weight is 417 g/mol. The van der Waals surface area contributed by atoms with Gasteiger partial charge in [-0.3, -0.25) is 4.79 Å². The van der Waals surface area contributed by atoms with Gasteiger partial charge < -0.3 is 14.6 Å². The number of ether oxygens (including phenoxy) is 1. The van der Waals surface area contributed by atoms with Crippen LogP contribution < -0.4 is 10.1 Å². The molecule has 2 aromatic heterocycles. The van der Waals surface area contributed by atoms with E-state index in [1.807, 2.05) is 24.3 Å². The number of thioether (sulfide) groups is 1. The highest BCUT2D eigenvalue weighted by atomic mass is 32.2. The molecule has 0 aliphatic heterocycles. The Morgan fingerprint density at radius 1 is 1.29 bits per heavy atom. The topological polar surface area (TPSA) is 69.0 Å². The van der Waals surface area contributed by atoms with Crippen molar-refractivity contribution in [2.45, 2.75) is 38.4 Å². The van der Waals surface area contributed by atoms with E-state index in [9.17, 15) is 4.79 Å². The standard InChI is InChI=1S/C20H24N4O2S2/c1-5-24-19(14-10-17(13(2)3)27-11-14)22-23-20(24)28-12-18(25)21-15-6-8-16(26-4)9-7-15/h6-11,13H,5,12H2,1-4H3,(H,21,25). The molecule has 2 heterocycles. The van der Waals surface area contributed by atoms with Crippen LogP contribution in [0.4, 0.5) is 5.69 Å². The summed E-state index contributed by atoms with van der Waals surface area (Å²) in [5, 5.41) is 14.4. The van der Waals surface area contributed by atoms with Gasteiger partial charge in [-0.15, -0.1) is 21.5 Å². The zero-order valence-electron chi connectivity index (χ0n) is 16.4. The molecule has 0 atom stereocenters. The minimum atomic E-state index is -0.0833. The number of benzene rings is 1. The Hall–Kier alpha value is -2.32. The molecule has 0 aliphatic rings. The molecule has 0 radical (unpaired) electrons. The minimum absolute atomic E-state index is 0.0833. The number of carbonyl (C=O) groups is 1. The minimum Gasteiger partial charge on any atom is -0.497 e. The van der Waals surface area contributed by atoms with Gasteiger partial charge in [0, 0.05) is 28.1 Å². The lowest BCUT2D eigenvalue weighted by atomic mass is 10.1. The SMILES string of the molecule is CCn1c(SCC(=O)Nc2ccc(OC)cc2)nnc1-c1csc(C(C)C)c1. The van der Waals surface area contributed by atoms with Crippen molar-refractivity contribution < 1.29 is 9.53 Å². The summed E-state index contributed by atoms with van der Waals surface area (Å²) in [4.78, 5) is 13.6. The Kier molecular flexibility index (Phi) is 6.74. The first-order valence-corrected chi connectivity index (χ1v) is 11.0. The van der Waals surface area contributed by atoms with E-state index >= 15 is 0 Å². The second-order valence-corrected chi connectivity index (χ2v) is 8.39. The van der Waals surface area contributed by atoms with Crippen molar-refractivity contribution >= 4 is 34.7 Å². The fraction of sp³-hybridized carbons (Fsp3) is 0.350. The van der Waals surface area contributed by atoms with Crippen LogP contribution in [0.25, 0.3) is 11.4 Å². The fourth-order valence-corrected chi connectivity index (χ4v) is 4.37. The predicted molar refractivity (Wildman–Crippen MR) is 115 cm³/mol. The maximum atomic E-state index is 12.3. The third kappa shape index (κ3) is 4.74. The number of carbonyl (C=O) groups excluding carboxylic acids is 1. The van der Waals surface area contributed by atoms with Crippen LogP contribution in [-0.2, 0) is 11.3 Å². The van der Waals surface area contributed by atoms with Gasteiger partial charge >= 0.3 is 0 Å². The lowest BCUT2D eigenvalue weighted by molar-refractivity contribution is -0.113. The summed E-state index contributed by atoms with van der Waals surface area (Å²) in [5.74, 6) is 2.28. The maximum Gasteiger partial charge on any atom is 0.234 e. The van der Waals surface area contributed by atoms with Gasteiger partial charge in [-0.2, -0.15) is 0 Å². The molecule has 3 aromatic rings. The predicted octanol–water partition coefficient (Wildman–Crippen LogP) is 4.89. The number of thiophene rings is 1. The monoisotopic (exact) mass is 416 g/mol. The average Bonchev–Trinajstić information content (AvgIpc) is 3.33. The van der Waals surface area contributed by atoms with Crippen LogP contribution in [0, 0.1) is 0 Å². The van der Waals surface area contributed by atoms with E-state index in [0.717, 1.165) is 34.5 Å². The van der Waals surface area contributed by atoms with E-state index < -0.39 is 0 Å². The zero-order chi connectivity index (χ0) is 20.1. The Labute approximate surface area is 173 Å². The van der Waals surface area contributed by atoms with Gasteiger partial charge in [-0.25, -0.2) is 0 Å². The summed E-state index contributed by atoms with van der Waals surface area (Å²) in [6.07, 6.45) is 0. The number of amides is 1. The van der Waals surface area contributed by atoms with Crippen LogP contribution in [-0.4, -0.2) is 33.5 Å². The molecule has 0 bridgehead atoms. The summed E-state index contributed by atoms with van der Waals surface area (Å²) in [5.41, 5.74) is 1.82. The Morgan fingerprint density at radius 3 is 2.64 bits per heavy atom. The first-order chi connectivity index (χ1) is 13.5. The van der Waals surface area contributed by atoms with Crippen LogP contribution in [0.5, 0.6) is 5.75 Å². The van der Waals surface area contributed by atoms with Crippen LogP contribution in [0.1, 0.15) is 31.6 Å². The Balaban J connectivity index is 1.65. The smallest absolute Gasteiger partial charge is 0.234 e. The zero-order valence-corrected chi connectivity index (χ0v) is 18.1. The highest BCUT2D eigenvalue weighted by Gasteiger charge is 2.16. The molecule has 8 heteroatoms. The number of rotatable bonds is 8. The molecule has 1 amide bonds. The molecule has 3 rings (SSSR count). The van der Waals surface area contributed by atoms with Crippen molar-refractivity contribution in [3.8, 4) is 17.1 Å². The van der Waals surface area contributed by atoms with Crippen LogP contribution >= 0.6 is 23.1 Å². The Bertz CT molecular complexity index is 932. The highest BCUT2D eigenvalue weighted by Crippen LogP contribution is 2.31. The molecule has 1 N–H and O–H groups in total. The molecule has 0 fully saturated rings. The second-order valence-electron chi connectivity index (χ2n) is 6.51. The summed E-state index contributed by atoms with van der Waals surface area (Å²) in [6, 6.07) is 9.44. The highest BCUT2D eigenvalue weighted by molar-refractivity contribution is 7.99. The molecular formula is C20H24N4O2S2. The third-order valence-electron chi connectivity index (χ3n) is 4.19. The van der Waals surface area contributed by atoms with E-state index in [2.05, 4.69) is 52.3 Å². The molecule has 0 aliphatic carbocycles. The molecule has 0 saturated carbocycles. The van der Waals surface area contributed by atoms with Gasteiger partial charge in [0.2, 0.25) is 5.91 Å². The normalized spacial score (nSPS) is 11.0. The number of anilines is 1. The van der Waals surface area contributed by atoms with Gasteiger partial charge in [-0.05, 0) is 43.2 Å². The largest absolute Gasteiger partial charge is 0.497 e. The van der Waals surface area contributed by atoms with E-state index in [1.165, 1.54) is 16.6 Å². The van der Waals surface area contributed by atoms with E-state index in [4.69, 9.17) is 4.74 Å². The van der Waals surface area contributed by atoms with E-state index in [0.29, 0.717) is 5.92 Å². The molecule has 0 saturated heterocycles. The summed E-state index contributed by atoms with van der Waals surface area (Å²) in [7, 11) is 1.61. The van der Waals surface area contributed by atoms with Crippen molar-refractivity contribution in [1.29, 1.82) is 0 Å². The quantitative estimate of drug-likeness (QED) is 0.530. The number of hydrogen-bond donors (Lipinski definition) is 1. The summed E-state index contributed by atoms with van der Waals surface area (Å²) >= 11 is 3.13. The van der Waals surface area contributed by atoms with Gasteiger partial charge in [0.15, 0.2) is 11.0 Å². The number of hydrogen-bond acceptors (Lipinski definition) is 6. The van der Waals surface area contributed by atoms with Crippen molar-refractivity contribution in [3.05, 3.63) is 40.6 Å². The summed E-state index contributed by atoms with van der Waals surface area (Å²) in [6.45, 7) is 7.17. The lowest BCUT2D eigenvalue weighted by Gasteiger charge is -2.08. The van der Waals surface area contributed by atoms with Crippen LogP contribution in [0.3, 0.4) is 0 Å². The number of aromatic nitrogens is 3. The molecule has 28 heavy (non-hydrogen) atoms. The maximum absolute atomic E-state index is 12.3. The van der Waals surface area contributed by atoms with Crippen LogP contribution in [0.2, 0.25) is 0 Å². The van der Waals surface area contributed by atoms with Gasteiger partial charge in [0.1, 0.15) is 5.75 Å². The molecule has 0 spiro atoms. The molecule has 1 aromatic carbocycles.